The van der Waals surface area contributed by atoms with Gasteiger partial charge in [-0.15, -0.1) is 0 Å². The number of likely N-dealkylation sites (tertiary alicyclic amines) is 1. The maximum Gasteiger partial charge on any atom is 0.246 e. The first kappa shape index (κ1) is 29.6. The zero-order chi connectivity index (χ0) is 29.5. The lowest BCUT2D eigenvalue weighted by Gasteiger charge is -2.33. The Bertz CT molecular complexity index is 1600. The molecule has 4 aromatic rings. The number of carbonyl (C=O) groups is 2. The molecule has 1 saturated heterocycles. The molecule has 4 nitrogen and oxygen atoms in total. The van der Waals surface area contributed by atoms with E-state index in [9.17, 15) is 14.9 Å². The summed E-state index contributed by atoms with van der Waals surface area (Å²) in [6.45, 7) is -1.90. The molecular formula is C35H29Cl2N2O2P. The van der Waals surface area contributed by atoms with Gasteiger partial charge in [-0.05, 0) is 59.4 Å². The number of hydrogen-bond donors (Lipinski definition) is 0. The number of ketones is 1. The number of Topliss-reactive ketones (excluding diaryl/α,β-unsaturated/α-hetero) is 1. The van der Waals surface area contributed by atoms with E-state index < -0.39 is 6.89 Å². The molecule has 0 aromatic heterocycles. The molecule has 0 aliphatic carbocycles. The predicted molar refractivity (Wildman–Crippen MR) is 176 cm³/mol. The summed E-state index contributed by atoms with van der Waals surface area (Å²) in [6.07, 6.45) is 4.22. The number of nitriles is 1. The highest BCUT2D eigenvalue weighted by atomic mass is 35.5. The first-order valence-corrected chi connectivity index (χ1v) is 16.3. The Morgan fingerprint density at radius 1 is 0.762 bits per heavy atom. The van der Waals surface area contributed by atoms with Crippen molar-refractivity contribution in [1.82, 2.24) is 4.90 Å². The fourth-order valence-corrected chi connectivity index (χ4v) is 10.0. The molecule has 4 aromatic carbocycles. The number of rotatable bonds is 7. The van der Waals surface area contributed by atoms with Crippen LogP contribution in [-0.2, 0) is 9.59 Å². The number of hydrogen-bond acceptors (Lipinski definition) is 3. The van der Waals surface area contributed by atoms with E-state index in [1.165, 1.54) is 6.08 Å². The molecule has 0 atom stereocenters. The van der Waals surface area contributed by atoms with E-state index in [2.05, 4.69) is 6.07 Å². The van der Waals surface area contributed by atoms with Gasteiger partial charge in [-0.3, -0.25) is 9.59 Å². The van der Waals surface area contributed by atoms with Crippen LogP contribution in [0.15, 0.2) is 115 Å². The van der Waals surface area contributed by atoms with Crippen molar-refractivity contribution in [3.8, 4) is 6.07 Å². The van der Waals surface area contributed by atoms with Gasteiger partial charge in [0.2, 0.25) is 5.91 Å². The molecule has 0 saturated carbocycles. The second kappa shape index (κ2) is 13.4. The van der Waals surface area contributed by atoms with Gasteiger partial charge in [-0.1, -0.05) is 120 Å². The van der Waals surface area contributed by atoms with Crippen molar-refractivity contribution in [3.05, 3.63) is 131 Å². The van der Waals surface area contributed by atoms with Crippen LogP contribution in [0.2, 0.25) is 10.0 Å². The molecule has 0 spiro atoms. The van der Waals surface area contributed by atoms with Gasteiger partial charge >= 0.3 is 0 Å². The van der Waals surface area contributed by atoms with Crippen LogP contribution >= 0.6 is 30.1 Å². The van der Waals surface area contributed by atoms with Gasteiger partial charge in [0, 0.05) is 25.1 Å². The van der Waals surface area contributed by atoms with Gasteiger partial charge in [0.15, 0.2) is 5.78 Å². The van der Waals surface area contributed by atoms with Crippen molar-refractivity contribution in [2.75, 3.05) is 13.1 Å². The molecule has 0 bridgehead atoms. The SMILES string of the molecule is N#CC(C(=O)C1CCN(C(=O)C=Cc2ccc(Cl)c(Cl)c2)CC1)=P(c1ccccc1)(c1ccccc1)c1ccccc1. The van der Waals surface area contributed by atoms with E-state index in [0.717, 1.165) is 21.5 Å². The average Bonchev–Trinajstić information content (AvgIpc) is 3.05. The summed E-state index contributed by atoms with van der Waals surface area (Å²) in [4.78, 5) is 29.1. The largest absolute Gasteiger partial charge is 0.339 e. The lowest BCUT2D eigenvalue weighted by atomic mass is 9.91. The number of amides is 1. The van der Waals surface area contributed by atoms with E-state index in [1.54, 1.807) is 29.2 Å². The summed E-state index contributed by atoms with van der Waals surface area (Å²) in [5.74, 6) is -0.602. The fraction of sp³-hybridized carbons (Fsp3) is 0.143. The van der Waals surface area contributed by atoms with Gasteiger partial charge in [-0.25, -0.2) is 0 Å². The van der Waals surface area contributed by atoms with E-state index in [4.69, 9.17) is 23.2 Å². The highest BCUT2D eigenvalue weighted by molar-refractivity contribution is 7.96. The third-order valence-corrected chi connectivity index (χ3v) is 12.6. The zero-order valence-electron chi connectivity index (χ0n) is 22.9. The van der Waals surface area contributed by atoms with Crippen molar-refractivity contribution in [2.24, 2.45) is 5.92 Å². The minimum atomic E-state index is -2.78. The standard InChI is InChI=1S/C35H29Cl2N2O2P/c36-31-18-16-26(24-32(31)37)17-19-34(40)39-22-20-27(21-23-39)35(41)33(25-38)42(28-10-4-1-5-11-28,29-12-6-2-7-13-29)30-14-8-3-9-15-30/h1-19,24,27H,20-23H2. The predicted octanol–water partition coefficient (Wildman–Crippen LogP) is 6.50. The van der Waals surface area contributed by atoms with Gasteiger partial charge in [0.1, 0.15) is 11.4 Å². The molecule has 1 amide bonds. The smallest absolute Gasteiger partial charge is 0.246 e. The molecule has 0 N–H and O–H groups in total. The number of piperidine rings is 1. The Morgan fingerprint density at radius 2 is 1.26 bits per heavy atom. The Morgan fingerprint density at radius 3 is 1.71 bits per heavy atom. The normalized spacial score (nSPS) is 14.0. The van der Waals surface area contributed by atoms with E-state index in [-0.39, 0.29) is 17.6 Å². The first-order valence-electron chi connectivity index (χ1n) is 13.7. The lowest BCUT2D eigenvalue weighted by Crippen LogP contribution is -2.42. The molecule has 1 aliphatic rings. The summed E-state index contributed by atoms with van der Waals surface area (Å²) >= 11 is 12.1. The molecule has 210 valence electrons. The molecule has 1 heterocycles. The fourth-order valence-electron chi connectivity index (χ4n) is 5.53. The van der Waals surface area contributed by atoms with Gasteiger partial charge in [0.05, 0.1) is 10.0 Å². The van der Waals surface area contributed by atoms with Gasteiger partial charge in [-0.2, -0.15) is 5.26 Å². The summed E-state index contributed by atoms with van der Waals surface area (Å²) in [5.41, 5.74) is 0.777. The minimum absolute atomic E-state index is 0.124. The third-order valence-electron chi connectivity index (χ3n) is 7.64. The van der Waals surface area contributed by atoms with Crippen LogP contribution in [0, 0.1) is 17.2 Å². The van der Waals surface area contributed by atoms with Crippen LogP contribution in [0.25, 0.3) is 6.08 Å². The molecule has 0 radical (unpaired) electrons. The van der Waals surface area contributed by atoms with Crippen molar-refractivity contribution >= 4 is 69.1 Å². The maximum atomic E-state index is 14.4. The molecule has 1 fully saturated rings. The summed E-state index contributed by atoms with van der Waals surface area (Å²) < 4.78 is 0. The number of nitrogens with zero attached hydrogens (tertiary/aromatic N) is 2. The van der Waals surface area contributed by atoms with E-state index >= 15 is 0 Å². The Balaban J connectivity index is 1.48. The van der Waals surface area contributed by atoms with E-state index in [1.807, 2.05) is 91.0 Å². The van der Waals surface area contributed by atoms with Crippen molar-refractivity contribution in [3.63, 3.8) is 0 Å². The lowest BCUT2D eigenvalue weighted by molar-refractivity contribution is -0.129. The highest BCUT2D eigenvalue weighted by Crippen LogP contribution is 2.47. The van der Waals surface area contributed by atoms with Crippen LogP contribution in [0.3, 0.4) is 0 Å². The molecular weight excluding hydrogens is 582 g/mol. The van der Waals surface area contributed by atoms with Crippen LogP contribution in [0.5, 0.6) is 0 Å². The molecule has 1 aliphatic heterocycles. The van der Waals surface area contributed by atoms with Crippen LogP contribution in [-0.4, -0.2) is 35.0 Å². The van der Waals surface area contributed by atoms with Crippen LogP contribution in [0.4, 0.5) is 0 Å². The van der Waals surface area contributed by atoms with Crippen molar-refractivity contribution < 1.29 is 9.59 Å². The molecule has 7 heteroatoms. The van der Waals surface area contributed by atoms with Crippen molar-refractivity contribution in [2.45, 2.75) is 12.8 Å². The Labute approximate surface area is 256 Å². The van der Waals surface area contributed by atoms with Crippen molar-refractivity contribution in [1.29, 1.82) is 5.26 Å². The Kier molecular flexibility index (Phi) is 9.45. The zero-order valence-corrected chi connectivity index (χ0v) is 25.3. The van der Waals surface area contributed by atoms with E-state index in [0.29, 0.717) is 41.3 Å². The second-order valence-electron chi connectivity index (χ2n) is 10.1. The summed E-state index contributed by atoms with van der Waals surface area (Å²) in [7, 11) is 0. The summed E-state index contributed by atoms with van der Waals surface area (Å²) in [5, 5.41) is 14.8. The average molecular weight is 612 g/mol. The van der Waals surface area contributed by atoms with Crippen LogP contribution < -0.4 is 15.9 Å². The topological polar surface area (TPSA) is 61.2 Å². The maximum absolute atomic E-state index is 14.4. The summed E-state index contributed by atoms with van der Waals surface area (Å²) in [6, 6.07) is 37.4. The van der Waals surface area contributed by atoms with Gasteiger partial charge in [0.25, 0.3) is 0 Å². The third kappa shape index (κ3) is 6.01. The highest BCUT2D eigenvalue weighted by Gasteiger charge is 2.37. The minimum Gasteiger partial charge on any atom is -0.339 e. The van der Waals surface area contributed by atoms with Crippen LogP contribution in [0.1, 0.15) is 18.4 Å². The number of carbonyl (C=O) groups excluding carboxylic acids is 2. The first-order chi connectivity index (χ1) is 20.4. The monoisotopic (exact) mass is 610 g/mol. The quantitative estimate of drug-likeness (QED) is 0.177. The molecule has 0 unspecified atom stereocenters. The molecule has 5 rings (SSSR count). The number of halogens is 2. The number of benzene rings is 4. The second-order valence-corrected chi connectivity index (χ2v) is 14.3. The Hall–Kier alpha value is -3.87. The molecule has 42 heavy (non-hydrogen) atoms. The van der Waals surface area contributed by atoms with Gasteiger partial charge < -0.3 is 4.90 Å².